The van der Waals surface area contributed by atoms with Crippen LogP contribution in [0.3, 0.4) is 0 Å². The minimum atomic E-state index is -1.46. The van der Waals surface area contributed by atoms with Crippen LogP contribution in [-0.4, -0.2) is 28.7 Å². The summed E-state index contributed by atoms with van der Waals surface area (Å²) in [5, 5.41) is 9.19. The van der Waals surface area contributed by atoms with Gasteiger partial charge in [0.1, 0.15) is 11.4 Å². The van der Waals surface area contributed by atoms with E-state index in [1.54, 1.807) is 20.8 Å². The van der Waals surface area contributed by atoms with Gasteiger partial charge in [-0.25, -0.2) is 4.39 Å². The molecule has 0 aliphatic rings. The summed E-state index contributed by atoms with van der Waals surface area (Å²) in [4.78, 5) is 23.2. The molecular weight excluding hydrogens is 277 g/mol. The molecule has 116 valence electrons. The first kappa shape index (κ1) is 17.1. The first-order valence-corrected chi connectivity index (χ1v) is 6.56. The second kappa shape index (κ2) is 6.67. The van der Waals surface area contributed by atoms with Crippen molar-refractivity contribution in [1.29, 1.82) is 0 Å². The van der Waals surface area contributed by atoms with E-state index < -0.39 is 35.3 Å². The fourth-order valence-corrected chi connectivity index (χ4v) is 1.83. The lowest BCUT2D eigenvalue weighted by Gasteiger charge is -2.25. The minimum Gasteiger partial charge on any atom is -0.481 e. The highest BCUT2D eigenvalue weighted by molar-refractivity contribution is 5.95. The molecule has 21 heavy (non-hydrogen) atoms. The van der Waals surface area contributed by atoms with Gasteiger partial charge in [-0.1, -0.05) is 12.1 Å². The van der Waals surface area contributed by atoms with Crippen molar-refractivity contribution in [2.75, 3.05) is 0 Å². The molecule has 0 saturated heterocycles. The molecule has 6 heteroatoms. The molecule has 1 aromatic carbocycles. The number of nitrogens with two attached hydrogens (primary N) is 1. The number of hydrogen-bond donors (Lipinski definition) is 2. The molecule has 0 spiro atoms. The van der Waals surface area contributed by atoms with Crippen molar-refractivity contribution in [3.63, 3.8) is 0 Å². The van der Waals surface area contributed by atoms with E-state index in [1.807, 2.05) is 0 Å². The van der Waals surface area contributed by atoms with Crippen LogP contribution in [0.2, 0.25) is 0 Å². The number of carbonyl (C=O) groups is 2. The normalized spacial score (nSPS) is 14.3. The summed E-state index contributed by atoms with van der Waals surface area (Å²) in [6.07, 6.45) is 0.135. The Kier molecular flexibility index (Phi) is 5.43. The zero-order valence-electron chi connectivity index (χ0n) is 12.3. The third-order valence-electron chi connectivity index (χ3n) is 2.74. The lowest BCUT2D eigenvalue weighted by atomic mass is 9.94. The van der Waals surface area contributed by atoms with Gasteiger partial charge in [-0.05, 0) is 44.9 Å². The van der Waals surface area contributed by atoms with Crippen LogP contribution in [0.15, 0.2) is 24.3 Å². The number of rotatable bonds is 5. The predicted octanol–water partition coefficient (Wildman–Crippen LogP) is 1.74. The molecule has 0 radical (unpaired) electrons. The largest absolute Gasteiger partial charge is 0.481 e. The van der Waals surface area contributed by atoms with Gasteiger partial charge in [0.25, 0.3) is 0 Å². The standard InChI is InChI=1S/C15H20FNO4/c1-15(2,3)21-14(20)12(13(18)19)11(17)8-9-4-6-10(16)7-5-9/h4-7,11-12H,8,17H2,1-3H3,(H,18,19)/t11?,12-/m1/s1. The Morgan fingerprint density at radius 3 is 2.24 bits per heavy atom. The zero-order valence-corrected chi connectivity index (χ0v) is 12.3. The van der Waals surface area contributed by atoms with Gasteiger partial charge in [0, 0.05) is 6.04 Å². The van der Waals surface area contributed by atoms with E-state index in [1.165, 1.54) is 24.3 Å². The fraction of sp³-hybridized carbons (Fsp3) is 0.467. The van der Waals surface area contributed by atoms with E-state index in [-0.39, 0.29) is 6.42 Å². The maximum Gasteiger partial charge on any atom is 0.322 e. The highest BCUT2D eigenvalue weighted by Crippen LogP contribution is 2.16. The van der Waals surface area contributed by atoms with E-state index in [2.05, 4.69) is 0 Å². The van der Waals surface area contributed by atoms with Crippen molar-refractivity contribution in [3.05, 3.63) is 35.6 Å². The summed E-state index contributed by atoms with van der Waals surface area (Å²) in [6.45, 7) is 4.94. The molecule has 0 aliphatic carbocycles. The molecular formula is C15H20FNO4. The summed E-state index contributed by atoms with van der Waals surface area (Å²) in [5.41, 5.74) is 5.69. The number of esters is 1. The van der Waals surface area contributed by atoms with Gasteiger partial charge in [-0.2, -0.15) is 0 Å². The summed E-state index contributed by atoms with van der Waals surface area (Å²) in [7, 11) is 0. The molecule has 5 nitrogen and oxygen atoms in total. The van der Waals surface area contributed by atoms with Gasteiger partial charge >= 0.3 is 11.9 Å². The molecule has 0 heterocycles. The van der Waals surface area contributed by atoms with Crippen molar-refractivity contribution in [1.82, 2.24) is 0 Å². The molecule has 0 aliphatic heterocycles. The van der Waals surface area contributed by atoms with Crippen LogP contribution >= 0.6 is 0 Å². The third-order valence-corrected chi connectivity index (χ3v) is 2.74. The molecule has 0 aromatic heterocycles. The van der Waals surface area contributed by atoms with Crippen molar-refractivity contribution < 1.29 is 23.8 Å². The number of carboxylic acids is 1. The summed E-state index contributed by atoms with van der Waals surface area (Å²) < 4.78 is 17.9. The average Bonchev–Trinajstić information content (AvgIpc) is 2.29. The van der Waals surface area contributed by atoms with Crippen LogP contribution in [-0.2, 0) is 20.7 Å². The number of benzene rings is 1. The lowest BCUT2D eigenvalue weighted by Crippen LogP contribution is -2.45. The van der Waals surface area contributed by atoms with E-state index in [0.29, 0.717) is 5.56 Å². The van der Waals surface area contributed by atoms with Gasteiger partial charge in [0.15, 0.2) is 5.92 Å². The van der Waals surface area contributed by atoms with Gasteiger partial charge in [-0.15, -0.1) is 0 Å². The first-order valence-electron chi connectivity index (χ1n) is 6.56. The van der Waals surface area contributed by atoms with Crippen LogP contribution in [0.4, 0.5) is 4.39 Å². The Morgan fingerprint density at radius 1 is 1.29 bits per heavy atom. The van der Waals surface area contributed by atoms with Crippen LogP contribution < -0.4 is 5.73 Å². The second-order valence-corrected chi connectivity index (χ2v) is 5.84. The monoisotopic (exact) mass is 297 g/mol. The van der Waals surface area contributed by atoms with Crippen molar-refractivity contribution in [3.8, 4) is 0 Å². The minimum absolute atomic E-state index is 0.135. The van der Waals surface area contributed by atoms with Gasteiger partial charge in [-0.3, -0.25) is 9.59 Å². The number of hydrogen-bond acceptors (Lipinski definition) is 4. The Bertz CT molecular complexity index is 507. The van der Waals surface area contributed by atoms with E-state index in [4.69, 9.17) is 10.5 Å². The van der Waals surface area contributed by atoms with Crippen molar-refractivity contribution in [2.45, 2.75) is 38.8 Å². The predicted molar refractivity (Wildman–Crippen MR) is 75.1 cm³/mol. The average molecular weight is 297 g/mol. The number of aliphatic carboxylic acids is 1. The molecule has 2 atom stereocenters. The summed E-state index contributed by atoms with van der Waals surface area (Å²) >= 11 is 0. The number of carbonyl (C=O) groups excluding carboxylic acids is 1. The number of carboxylic acid groups (broad SMARTS) is 1. The van der Waals surface area contributed by atoms with Gasteiger partial charge in [0.2, 0.25) is 0 Å². The molecule has 1 unspecified atom stereocenters. The maximum absolute atomic E-state index is 12.8. The molecule has 1 aromatic rings. The van der Waals surface area contributed by atoms with Crippen molar-refractivity contribution >= 4 is 11.9 Å². The van der Waals surface area contributed by atoms with Crippen LogP contribution in [0.25, 0.3) is 0 Å². The Morgan fingerprint density at radius 2 is 1.81 bits per heavy atom. The quantitative estimate of drug-likeness (QED) is 0.638. The Hall–Kier alpha value is -1.95. The van der Waals surface area contributed by atoms with E-state index in [9.17, 15) is 19.1 Å². The van der Waals surface area contributed by atoms with E-state index in [0.717, 1.165) is 0 Å². The topological polar surface area (TPSA) is 89.6 Å². The SMILES string of the molecule is CC(C)(C)OC(=O)[C@@H](C(=O)O)C(N)Cc1ccc(F)cc1. The van der Waals surface area contributed by atoms with Crippen LogP contribution in [0.5, 0.6) is 0 Å². The third kappa shape index (κ3) is 5.51. The molecule has 0 saturated carbocycles. The molecule has 1 rings (SSSR count). The molecule has 0 bridgehead atoms. The molecule has 3 N–H and O–H groups in total. The lowest BCUT2D eigenvalue weighted by molar-refractivity contribution is -0.167. The number of ether oxygens (including phenoxy) is 1. The van der Waals surface area contributed by atoms with Crippen LogP contribution in [0, 0.1) is 11.7 Å². The summed E-state index contributed by atoms with van der Waals surface area (Å²) in [6, 6.07) is 4.56. The molecule has 0 amide bonds. The van der Waals surface area contributed by atoms with Gasteiger partial charge < -0.3 is 15.6 Å². The molecule has 0 fully saturated rings. The van der Waals surface area contributed by atoms with E-state index >= 15 is 0 Å². The summed E-state index contributed by atoms with van der Waals surface area (Å²) in [5.74, 6) is -4.06. The zero-order chi connectivity index (χ0) is 16.2. The van der Waals surface area contributed by atoms with Crippen LogP contribution in [0.1, 0.15) is 26.3 Å². The highest BCUT2D eigenvalue weighted by Gasteiger charge is 2.36. The maximum atomic E-state index is 12.8. The van der Waals surface area contributed by atoms with Gasteiger partial charge in [0.05, 0.1) is 0 Å². The Labute approximate surface area is 122 Å². The number of halogens is 1. The Balaban J connectivity index is 2.82. The highest BCUT2D eigenvalue weighted by atomic mass is 19.1. The van der Waals surface area contributed by atoms with Crippen molar-refractivity contribution in [2.24, 2.45) is 11.7 Å². The second-order valence-electron chi connectivity index (χ2n) is 5.84. The fourth-order valence-electron chi connectivity index (χ4n) is 1.83. The smallest absolute Gasteiger partial charge is 0.322 e. The first-order chi connectivity index (χ1) is 9.60.